The fourth-order valence-corrected chi connectivity index (χ4v) is 1.89. The Kier molecular flexibility index (Phi) is 4.66. The first-order valence-electron chi connectivity index (χ1n) is 5.19. The predicted molar refractivity (Wildman–Crippen MR) is 56.0 cm³/mol. The molecule has 0 heterocycles. The van der Waals surface area contributed by atoms with E-state index in [2.05, 4.69) is 11.9 Å². The Morgan fingerprint density at radius 2 is 2.14 bits per heavy atom. The van der Waals surface area contributed by atoms with Crippen molar-refractivity contribution < 1.29 is 9.53 Å². The molecule has 1 aliphatic carbocycles. The highest BCUT2D eigenvalue weighted by Crippen LogP contribution is 2.25. The SMILES string of the molecule is C=CC(=O)NCC1CCC(OC)CC1. The van der Waals surface area contributed by atoms with Crippen LogP contribution in [0.15, 0.2) is 12.7 Å². The van der Waals surface area contributed by atoms with E-state index in [1.807, 2.05) is 0 Å². The summed E-state index contributed by atoms with van der Waals surface area (Å²) in [5, 5.41) is 2.84. The summed E-state index contributed by atoms with van der Waals surface area (Å²) in [6.07, 6.45) is 6.28. The van der Waals surface area contributed by atoms with Crippen LogP contribution < -0.4 is 5.32 Å². The summed E-state index contributed by atoms with van der Waals surface area (Å²) >= 11 is 0. The van der Waals surface area contributed by atoms with Gasteiger partial charge in [-0.15, -0.1) is 0 Å². The standard InChI is InChI=1S/C11H19NO2/c1-3-11(13)12-8-9-4-6-10(14-2)7-5-9/h3,9-10H,1,4-8H2,2H3,(H,12,13). The first-order valence-corrected chi connectivity index (χ1v) is 5.19. The lowest BCUT2D eigenvalue weighted by Gasteiger charge is -2.27. The average Bonchev–Trinajstić information content (AvgIpc) is 2.26. The number of hydrogen-bond donors (Lipinski definition) is 1. The lowest BCUT2D eigenvalue weighted by atomic mass is 9.87. The van der Waals surface area contributed by atoms with Crippen LogP contribution in [0.1, 0.15) is 25.7 Å². The van der Waals surface area contributed by atoms with Crippen molar-refractivity contribution in [2.75, 3.05) is 13.7 Å². The van der Waals surface area contributed by atoms with E-state index in [1.165, 1.54) is 6.08 Å². The molecule has 0 aromatic carbocycles. The monoisotopic (exact) mass is 197 g/mol. The molecule has 0 spiro atoms. The minimum Gasteiger partial charge on any atom is -0.381 e. The Morgan fingerprint density at radius 1 is 1.50 bits per heavy atom. The number of amides is 1. The summed E-state index contributed by atoms with van der Waals surface area (Å²) in [7, 11) is 1.77. The average molecular weight is 197 g/mol. The first-order chi connectivity index (χ1) is 6.76. The number of methoxy groups -OCH3 is 1. The normalized spacial score (nSPS) is 26.9. The van der Waals surface area contributed by atoms with Crippen molar-refractivity contribution in [3.05, 3.63) is 12.7 Å². The van der Waals surface area contributed by atoms with Crippen molar-refractivity contribution in [2.24, 2.45) is 5.92 Å². The zero-order valence-electron chi connectivity index (χ0n) is 8.79. The van der Waals surface area contributed by atoms with Crippen LogP contribution in [0.4, 0.5) is 0 Å². The largest absolute Gasteiger partial charge is 0.381 e. The Hall–Kier alpha value is -0.830. The molecule has 3 nitrogen and oxygen atoms in total. The van der Waals surface area contributed by atoms with Crippen molar-refractivity contribution in [1.82, 2.24) is 5.32 Å². The van der Waals surface area contributed by atoms with Gasteiger partial charge in [-0.3, -0.25) is 4.79 Å². The van der Waals surface area contributed by atoms with E-state index >= 15 is 0 Å². The summed E-state index contributed by atoms with van der Waals surface area (Å²) < 4.78 is 5.28. The molecular formula is C11H19NO2. The van der Waals surface area contributed by atoms with Gasteiger partial charge in [-0.1, -0.05) is 6.58 Å². The number of hydrogen-bond acceptors (Lipinski definition) is 2. The van der Waals surface area contributed by atoms with Crippen LogP contribution >= 0.6 is 0 Å². The van der Waals surface area contributed by atoms with Crippen LogP contribution in [0.2, 0.25) is 0 Å². The molecule has 0 saturated heterocycles. The van der Waals surface area contributed by atoms with E-state index in [1.54, 1.807) is 7.11 Å². The zero-order valence-corrected chi connectivity index (χ0v) is 8.79. The quantitative estimate of drug-likeness (QED) is 0.693. The Bertz CT molecular complexity index is 195. The smallest absolute Gasteiger partial charge is 0.243 e. The fraction of sp³-hybridized carbons (Fsp3) is 0.727. The van der Waals surface area contributed by atoms with Gasteiger partial charge in [0.2, 0.25) is 5.91 Å². The molecule has 14 heavy (non-hydrogen) atoms. The van der Waals surface area contributed by atoms with E-state index in [4.69, 9.17) is 4.74 Å². The molecule has 80 valence electrons. The number of rotatable bonds is 4. The second-order valence-corrected chi connectivity index (χ2v) is 3.83. The third kappa shape index (κ3) is 3.50. The topological polar surface area (TPSA) is 38.3 Å². The van der Waals surface area contributed by atoms with Gasteiger partial charge < -0.3 is 10.1 Å². The number of carbonyl (C=O) groups excluding carboxylic acids is 1. The molecule has 1 aliphatic rings. The van der Waals surface area contributed by atoms with Crippen LogP contribution in [-0.4, -0.2) is 25.7 Å². The minimum absolute atomic E-state index is 0.0705. The van der Waals surface area contributed by atoms with Gasteiger partial charge >= 0.3 is 0 Å². The minimum atomic E-state index is -0.0705. The molecule has 0 bridgehead atoms. The summed E-state index contributed by atoms with van der Waals surface area (Å²) in [4.78, 5) is 10.9. The van der Waals surface area contributed by atoms with Gasteiger partial charge in [0.15, 0.2) is 0 Å². The maximum absolute atomic E-state index is 10.9. The predicted octanol–water partition coefficient (Wildman–Crippen LogP) is 1.49. The molecule has 0 radical (unpaired) electrons. The van der Waals surface area contributed by atoms with Gasteiger partial charge in [0, 0.05) is 13.7 Å². The molecule has 1 fully saturated rings. The van der Waals surface area contributed by atoms with Gasteiger partial charge in [-0.05, 0) is 37.7 Å². The zero-order chi connectivity index (χ0) is 10.4. The fourth-order valence-electron chi connectivity index (χ4n) is 1.89. The lowest BCUT2D eigenvalue weighted by Crippen LogP contribution is -2.31. The van der Waals surface area contributed by atoms with E-state index in [9.17, 15) is 4.79 Å². The number of carbonyl (C=O) groups is 1. The molecule has 0 aliphatic heterocycles. The molecule has 0 unspecified atom stereocenters. The Labute approximate surface area is 85.5 Å². The van der Waals surface area contributed by atoms with Gasteiger partial charge in [-0.2, -0.15) is 0 Å². The van der Waals surface area contributed by atoms with Gasteiger partial charge in [-0.25, -0.2) is 0 Å². The Balaban J connectivity index is 2.16. The highest BCUT2D eigenvalue weighted by Gasteiger charge is 2.20. The number of nitrogens with one attached hydrogen (secondary N) is 1. The molecule has 1 rings (SSSR count). The Morgan fingerprint density at radius 3 is 2.64 bits per heavy atom. The second kappa shape index (κ2) is 5.81. The molecule has 1 amide bonds. The van der Waals surface area contributed by atoms with Crippen molar-refractivity contribution in [1.29, 1.82) is 0 Å². The number of ether oxygens (including phenoxy) is 1. The third-order valence-electron chi connectivity index (χ3n) is 2.88. The third-order valence-corrected chi connectivity index (χ3v) is 2.88. The van der Waals surface area contributed by atoms with E-state index < -0.39 is 0 Å². The lowest BCUT2D eigenvalue weighted by molar-refractivity contribution is -0.116. The van der Waals surface area contributed by atoms with E-state index in [0.717, 1.165) is 32.2 Å². The van der Waals surface area contributed by atoms with Crippen LogP contribution in [-0.2, 0) is 9.53 Å². The molecule has 1 N–H and O–H groups in total. The molecule has 0 atom stereocenters. The van der Waals surface area contributed by atoms with Crippen LogP contribution in [0.3, 0.4) is 0 Å². The molecule has 0 aromatic heterocycles. The summed E-state index contributed by atoms with van der Waals surface area (Å²) in [5.74, 6) is 0.546. The second-order valence-electron chi connectivity index (χ2n) is 3.83. The molecule has 1 saturated carbocycles. The first kappa shape index (κ1) is 11.2. The summed E-state index contributed by atoms with van der Waals surface area (Å²) in [5.41, 5.74) is 0. The van der Waals surface area contributed by atoms with Crippen molar-refractivity contribution in [3.63, 3.8) is 0 Å². The summed E-state index contributed by atoms with van der Waals surface area (Å²) in [6.45, 7) is 4.20. The van der Waals surface area contributed by atoms with Gasteiger partial charge in [0.1, 0.15) is 0 Å². The highest BCUT2D eigenvalue weighted by molar-refractivity contribution is 5.86. The van der Waals surface area contributed by atoms with E-state index in [0.29, 0.717) is 12.0 Å². The van der Waals surface area contributed by atoms with Gasteiger partial charge in [0.25, 0.3) is 0 Å². The molecular weight excluding hydrogens is 178 g/mol. The maximum atomic E-state index is 10.9. The van der Waals surface area contributed by atoms with Crippen molar-refractivity contribution >= 4 is 5.91 Å². The molecule has 0 aromatic rings. The van der Waals surface area contributed by atoms with Crippen LogP contribution in [0, 0.1) is 5.92 Å². The highest BCUT2D eigenvalue weighted by atomic mass is 16.5. The summed E-state index contributed by atoms with van der Waals surface area (Å²) in [6, 6.07) is 0. The van der Waals surface area contributed by atoms with Crippen molar-refractivity contribution in [3.8, 4) is 0 Å². The van der Waals surface area contributed by atoms with Gasteiger partial charge in [0.05, 0.1) is 6.10 Å². The van der Waals surface area contributed by atoms with Crippen LogP contribution in [0.25, 0.3) is 0 Å². The van der Waals surface area contributed by atoms with E-state index in [-0.39, 0.29) is 5.91 Å². The maximum Gasteiger partial charge on any atom is 0.243 e. The van der Waals surface area contributed by atoms with Crippen molar-refractivity contribution in [2.45, 2.75) is 31.8 Å². The van der Waals surface area contributed by atoms with Crippen LogP contribution in [0.5, 0.6) is 0 Å². The molecule has 3 heteroatoms.